The molecule has 0 saturated carbocycles. The van der Waals surface area contributed by atoms with Crippen LogP contribution in [0.15, 0.2) is 17.5 Å². The summed E-state index contributed by atoms with van der Waals surface area (Å²) in [6, 6.07) is 1.77. The summed E-state index contributed by atoms with van der Waals surface area (Å²) in [7, 11) is 1.31. The van der Waals surface area contributed by atoms with Crippen molar-refractivity contribution in [3.05, 3.63) is 28.0 Å². The molecule has 1 rings (SSSR count). The second-order valence-corrected chi connectivity index (χ2v) is 3.16. The Morgan fingerprint density at radius 2 is 2.38 bits per heavy atom. The number of rotatable bonds is 3. The minimum absolute atomic E-state index is 0.428. The number of carbonyl (C=O) groups is 2. The maximum atomic E-state index is 10.7. The molecule has 0 aliphatic heterocycles. The number of esters is 1. The first-order valence-corrected chi connectivity index (χ1v) is 4.44. The molecule has 0 radical (unpaired) electrons. The van der Waals surface area contributed by atoms with Crippen LogP contribution in [0.1, 0.15) is 15.2 Å². The fourth-order valence-corrected chi connectivity index (χ4v) is 1.48. The van der Waals surface area contributed by atoms with Gasteiger partial charge in [-0.3, -0.25) is 4.79 Å². The molecule has 0 amide bonds. The largest absolute Gasteiger partial charge is 0.466 e. The maximum absolute atomic E-state index is 10.7. The number of aldehydes is 1. The number of thiophene rings is 1. The van der Waals surface area contributed by atoms with Gasteiger partial charge in [-0.25, -0.2) is 4.79 Å². The van der Waals surface area contributed by atoms with Gasteiger partial charge < -0.3 is 4.74 Å². The zero-order valence-corrected chi connectivity index (χ0v) is 7.84. The molecule has 1 aromatic heterocycles. The molecular formula is C9H8O3S. The number of hydrogen-bond acceptors (Lipinski definition) is 4. The number of hydrogen-bond donors (Lipinski definition) is 0. The third-order valence-corrected chi connectivity index (χ3v) is 2.29. The fourth-order valence-electron chi connectivity index (χ4n) is 0.790. The average molecular weight is 196 g/mol. The molecule has 0 aliphatic rings. The summed E-state index contributed by atoms with van der Waals surface area (Å²) in [5.41, 5.74) is 0.741. The molecule has 0 aliphatic carbocycles. The topological polar surface area (TPSA) is 43.4 Å². The molecule has 0 spiro atoms. The lowest BCUT2D eigenvalue weighted by atomic mass is 10.2. The van der Waals surface area contributed by atoms with Gasteiger partial charge >= 0.3 is 5.97 Å². The van der Waals surface area contributed by atoms with Crippen LogP contribution in [0.25, 0.3) is 6.08 Å². The summed E-state index contributed by atoms with van der Waals surface area (Å²) in [6.45, 7) is 0. The van der Waals surface area contributed by atoms with E-state index in [4.69, 9.17) is 0 Å². The van der Waals surface area contributed by atoms with E-state index < -0.39 is 5.97 Å². The summed E-state index contributed by atoms with van der Waals surface area (Å²) in [6.07, 6.45) is 3.61. The molecule has 1 aromatic rings. The second-order valence-electron chi connectivity index (χ2n) is 2.21. The number of carbonyl (C=O) groups excluding carboxylic acids is 2. The first-order chi connectivity index (χ1) is 6.27. The Hall–Kier alpha value is -1.42. The normalized spacial score (nSPS) is 10.2. The minimum atomic E-state index is -0.428. The van der Waals surface area contributed by atoms with Crippen LogP contribution >= 0.6 is 11.3 Å². The van der Waals surface area contributed by atoms with E-state index >= 15 is 0 Å². The molecular weight excluding hydrogens is 188 g/mol. The van der Waals surface area contributed by atoms with Crippen molar-refractivity contribution < 1.29 is 14.3 Å². The second kappa shape index (κ2) is 4.57. The van der Waals surface area contributed by atoms with Crippen LogP contribution in [0.3, 0.4) is 0 Å². The summed E-state index contributed by atoms with van der Waals surface area (Å²) in [5, 5.41) is 1.79. The van der Waals surface area contributed by atoms with Gasteiger partial charge in [0.2, 0.25) is 0 Å². The lowest BCUT2D eigenvalue weighted by molar-refractivity contribution is -0.134. The zero-order valence-electron chi connectivity index (χ0n) is 7.02. The van der Waals surface area contributed by atoms with Gasteiger partial charge in [0.05, 0.1) is 12.0 Å². The van der Waals surface area contributed by atoms with E-state index in [0.29, 0.717) is 4.88 Å². The fraction of sp³-hybridized carbons (Fsp3) is 0.111. The van der Waals surface area contributed by atoms with Crippen LogP contribution in [-0.4, -0.2) is 19.4 Å². The van der Waals surface area contributed by atoms with Crippen molar-refractivity contribution in [2.45, 2.75) is 0 Å². The van der Waals surface area contributed by atoms with Crippen molar-refractivity contribution in [1.82, 2.24) is 0 Å². The Morgan fingerprint density at radius 3 is 3.00 bits per heavy atom. The van der Waals surface area contributed by atoms with E-state index in [1.165, 1.54) is 24.5 Å². The number of methoxy groups -OCH3 is 1. The van der Waals surface area contributed by atoms with Crippen molar-refractivity contribution in [3.8, 4) is 0 Å². The third kappa shape index (κ3) is 2.52. The highest BCUT2D eigenvalue weighted by Crippen LogP contribution is 2.15. The van der Waals surface area contributed by atoms with E-state index in [9.17, 15) is 9.59 Å². The molecule has 4 heteroatoms. The molecule has 0 fully saturated rings. The van der Waals surface area contributed by atoms with Crippen LogP contribution in [0.2, 0.25) is 0 Å². The Labute approximate surface area is 79.6 Å². The smallest absolute Gasteiger partial charge is 0.330 e. The van der Waals surface area contributed by atoms with Crippen molar-refractivity contribution in [2.75, 3.05) is 7.11 Å². The zero-order chi connectivity index (χ0) is 9.68. The van der Waals surface area contributed by atoms with Crippen molar-refractivity contribution >= 4 is 29.7 Å². The molecule has 68 valence electrons. The van der Waals surface area contributed by atoms with E-state index in [2.05, 4.69) is 4.74 Å². The van der Waals surface area contributed by atoms with Crippen LogP contribution in [0.4, 0.5) is 0 Å². The summed E-state index contributed by atoms with van der Waals surface area (Å²) in [4.78, 5) is 21.8. The van der Waals surface area contributed by atoms with Gasteiger partial charge in [-0.2, -0.15) is 0 Å². The molecule has 0 N–H and O–H groups in total. The van der Waals surface area contributed by atoms with E-state index in [1.807, 2.05) is 0 Å². The van der Waals surface area contributed by atoms with Crippen LogP contribution in [0.5, 0.6) is 0 Å². The first kappa shape index (κ1) is 9.67. The van der Waals surface area contributed by atoms with Gasteiger partial charge in [-0.15, -0.1) is 11.3 Å². The Kier molecular flexibility index (Phi) is 3.40. The van der Waals surface area contributed by atoms with E-state index in [0.717, 1.165) is 11.8 Å². The lowest BCUT2D eigenvalue weighted by Gasteiger charge is -1.89. The number of ether oxygens (including phenoxy) is 1. The summed E-state index contributed by atoms with van der Waals surface area (Å²) >= 11 is 1.34. The molecule has 0 bridgehead atoms. The average Bonchev–Trinajstić information content (AvgIpc) is 2.61. The molecule has 0 aromatic carbocycles. The monoisotopic (exact) mass is 196 g/mol. The Balaban J connectivity index is 2.78. The SMILES string of the molecule is COC(=O)C=Cc1ccsc1C=O. The van der Waals surface area contributed by atoms with Gasteiger partial charge in [0.25, 0.3) is 0 Å². The van der Waals surface area contributed by atoms with Crippen LogP contribution in [-0.2, 0) is 9.53 Å². The van der Waals surface area contributed by atoms with Crippen LogP contribution in [0, 0.1) is 0 Å². The quantitative estimate of drug-likeness (QED) is 0.420. The predicted octanol–water partition coefficient (Wildman–Crippen LogP) is 1.75. The van der Waals surface area contributed by atoms with Gasteiger partial charge in [-0.1, -0.05) is 0 Å². The molecule has 0 saturated heterocycles. The highest BCUT2D eigenvalue weighted by atomic mass is 32.1. The molecule has 13 heavy (non-hydrogen) atoms. The van der Waals surface area contributed by atoms with Crippen molar-refractivity contribution in [2.24, 2.45) is 0 Å². The van der Waals surface area contributed by atoms with Gasteiger partial charge in [0.15, 0.2) is 6.29 Å². The molecule has 1 heterocycles. The third-order valence-electron chi connectivity index (χ3n) is 1.43. The maximum Gasteiger partial charge on any atom is 0.330 e. The van der Waals surface area contributed by atoms with Crippen molar-refractivity contribution in [3.63, 3.8) is 0 Å². The van der Waals surface area contributed by atoms with Crippen LogP contribution < -0.4 is 0 Å². The highest BCUT2D eigenvalue weighted by Gasteiger charge is 1.99. The molecule has 0 unspecified atom stereocenters. The van der Waals surface area contributed by atoms with E-state index in [1.54, 1.807) is 17.5 Å². The Morgan fingerprint density at radius 1 is 1.62 bits per heavy atom. The predicted molar refractivity (Wildman–Crippen MR) is 50.8 cm³/mol. The molecule has 0 atom stereocenters. The highest BCUT2D eigenvalue weighted by molar-refractivity contribution is 7.11. The van der Waals surface area contributed by atoms with Gasteiger partial charge in [0.1, 0.15) is 0 Å². The van der Waals surface area contributed by atoms with Gasteiger partial charge in [-0.05, 0) is 23.1 Å². The molecule has 3 nitrogen and oxygen atoms in total. The summed E-state index contributed by atoms with van der Waals surface area (Å²) in [5.74, 6) is -0.428. The van der Waals surface area contributed by atoms with Crippen molar-refractivity contribution in [1.29, 1.82) is 0 Å². The standard InChI is InChI=1S/C9H8O3S/c1-12-9(11)3-2-7-4-5-13-8(7)6-10/h2-6H,1H3. The van der Waals surface area contributed by atoms with E-state index in [-0.39, 0.29) is 0 Å². The first-order valence-electron chi connectivity index (χ1n) is 3.56. The minimum Gasteiger partial charge on any atom is -0.466 e. The Bertz CT molecular complexity index is 338. The lowest BCUT2D eigenvalue weighted by Crippen LogP contribution is -1.93. The van der Waals surface area contributed by atoms with Gasteiger partial charge in [0, 0.05) is 6.08 Å². The summed E-state index contributed by atoms with van der Waals surface area (Å²) < 4.78 is 4.41.